The molecule has 1 aliphatic rings. The number of nitrogens with zero attached hydrogens (tertiary/aromatic N) is 2. The third-order valence-electron chi connectivity index (χ3n) is 2.90. The number of morpholine rings is 1. The number of benzene rings is 1. The first-order valence-electron chi connectivity index (χ1n) is 5.96. The summed E-state index contributed by atoms with van der Waals surface area (Å²) >= 11 is 5.49. The zero-order valence-corrected chi connectivity index (χ0v) is 11.0. The number of rotatable bonds is 2. The van der Waals surface area contributed by atoms with Gasteiger partial charge in [-0.2, -0.15) is 4.98 Å². The van der Waals surface area contributed by atoms with Crippen LogP contribution in [-0.2, 0) is 4.74 Å². The van der Waals surface area contributed by atoms with Gasteiger partial charge < -0.3 is 14.6 Å². The molecule has 1 fully saturated rings. The highest BCUT2D eigenvalue weighted by atomic mass is 35.5. The predicted octanol–water partition coefficient (Wildman–Crippen LogP) is 2.33. The molecule has 0 aliphatic carbocycles. The predicted molar refractivity (Wildman–Crippen MR) is 66.2 cm³/mol. The first kappa shape index (κ1) is 13.4. The minimum absolute atomic E-state index is 0.109. The maximum atomic E-state index is 13.7. The lowest BCUT2D eigenvalue weighted by Crippen LogP contribution is -2.33. The number of nitrogens with one attached hydrogen (secondary N) is 1. The zero-order chi connectivity index (χ0) is 14.1. The Kier molecular flexibility index (Phi) is 3.64. The highest BCUT2D eigenvalue weighted by Crippen LogP contribution is 2.28. The van der Waals surface area contributed by atoms with Gasteiger partial charge in [0.05, 0.1) is 17.2 Å². The molecule has 1 saturated heterocycles. The van der Waals surface area contributed by atoms with E-state index in [0.29, 0.717) is 19.0 Å². The summed E-state index contributed by atoms with van der Waals surface area (Å²) in [5.74, 6) is -1.29. The number of hydrogen-bond donors (Lipinski definition) is 1. The van der Waals surface area contributed by atoms with Crippen molar-refractivity contribution in [2.75, 3.05) is 19.7 Å². The van der Waals surface area contributed by atoms with Crippen LogP contribution in [0, 0.1) is 11.6 Å². The van der Waals surface area contributed by atoms with E-state index in [1.165, 1.54) is 0 Å². The fourth-order valence-electron chi connectivity index (χ4n) is 1.89. The monoisotopic (exact) mass is 301 g/mol. The summed E-state index contributed by atoms with van der Waals surface area (Å²) in [6.07, 6.45) is -0.360. The topological polar surface area (TPSA) is 60.2 Å². The number of halogens is 3. The highest BCUT2D eigenvalue weighted by Gasteiger charge is 2.23. The standard InChI is InChI=1S/C12H10ClF2N3O2/c13-7-4-8(14)6(3-9(7)15)12-17-11(18-20-12)10-5-16-1-2-19-10/h3-4,10,16H,1-2,5H2. The van der Waals surface area contributed by atoms with Crippen LogP contribution in [0.1, 0.15) is 11.9 Å². The molecule has 2 aromatic rings. The fourth-order valence-corrected chi connectivity index (χ4v) is 2.04. The lowest BCUT2D eigenvalue weighted by atomic mass is 10.2. The van der Waals surface area contributed by atoms with Gasteiger partial charge in [-0.05, 0) is 12.1 Å². The van der Waals surface area contributed by atoms with Crippen LogP contribution in [-0.4, -0.2) is 29.8 Å². The van der Waals surface area contributed by atoms with E-state index in [9.17, 15) is 8.78 Å². The Hall–Kier alpha value is -1.57. The van der Waals surface area contributed by atoms with Gasteiger partial charge in [-0.3, -0.25) is 0 Å². The van der Waals surface area contributed by atoms with E-state index in [2.05, 4.69) is 15.5 Å². The molecule has 5 nitrogen and oxygen atoms in total. The molecule has 1 aromatic heterocycles. The molecule has 3 rings (SSSR count). The van der Waals surface area contributed by atoms with Crippen molar-refractivity contribution in [3.63, 3.8) is 0 Å². The second-order valence-electron chi connectivity index (χ2n) is 4.27. The minimum Gasteiger partial charge on any atom is -0.367 e. The Morgan fingerprint density at radius 1 is 1.30 bits per heavy atom. The van der Waals surface area contributed by atoms with E-state index < -0.39 is 11.6 Å². The van der Waals surface area contributed by atoms with Crippen molar-refractivity contribution in [1.29, 1.82) is 0 Å². The van der Waals surface area contributed by atoms with Crippen molar-refractivity contribution in [3.8, 4) is 11.5 Å². The van der Waals surface area contributed by atoms with Crippen molar-refractivity contribution in [2.24, 2.45) is 0 Å². The van der Waals surface area contributed by atoms with Crippen LogP contribution in [0.15, 0.2) is 16.7 Å². The Morgan fingerprint density at radius 3 is 2.90 bits per heavy atom. The molecule has 1 aliphatic heterocycles. The molecule has 1 unspecified atom stereocenters. The fraction of sp³-hybridized carbons (Fsp3) is 0.333. The summed E-state index contributed by atoms with van der Waals surface area (Å²) < 4.78 is 37.5. The molecular formula is C12H10ClF2N3O2. The van der Waals surface area contributed by atoms with Gasteiger partial charge in [0.2, 0.25) is 5.82 Å². The van der Waals surface area contributed by atoms with Crippen molar-refractivity contribution in [3.05, 3.63) is 34.6 Å². The van der Waals surface area contributed by atoms with E-state index in [-0.39, 0.29) is 22.6 Å². The van der Waals surface area contributed by atoms with E-state index >= 15 is 0 Å². The van der Waals surface area contributed by atoms with E-state index in [4.69, 9.17) is 20.9 Å². The normalized spacial score (nSPS) is 19.2. The van der Waals surface area contributed by atoms with Crippen LogP contribution in [0.4, 0.5) is 8.78 Å². The van der Waals surface area contributed by atoms with Gasteiger partial charge in [-0.1, -0.05) is 16.8 Å². The molecule has 0 bridgehead atoms. The van der Waals surface area contributed by atoms with Gasteiger partial charge in [0.25, 0.3) is 5.89 Å². The molecule has 0 saturated carbocycles. The average Bonchev–Trinajstić information content (AvgIpc) is 2.93. The van der Waals surface area contributed by atoms with Crippen LogP contribution >= 0.6 is 11.6 Å². The number of ether oxygens (including phenoxy) is 1. The Morgan fingerprint density at radius 2 is 2.15 bits per heavy atom. The first-order chi connectivity index (χ1) is 9.65. The molecule has 0 spiro atoms. The second kappa shape index (κ2) is 5.43. The van der Waals surface area contributed by atoms with Crippen LogP contribution in [0.3, 0.4) is 0 Å². The Balaban J connectivity index is 1.91. The molecule has 20 heavy (non-hydrogen) atoms. The SMILES string of the molecule is Fc1cc(-c2nc(C3CNCCO3)no2)c(F)cc1Cl. The summed E-state index contributed by atoms with van der Waals surface area (Å²) in [5.41, 5.74) is -0.130. The summed E-state index contributed by atoms with van der Waals surface area (Å²) in [6.45, 7) is 1.81. The lowest BCUT2D eigenvalue weighted by Gasteiger charge is -2.20. The van der Waals surface area contributed by atoms with Crippen LogP contribution in [0.25, 0.3) is 11.5 Å². The van der Waals surface area contributed by atoms with Crippen molar-refractivity contribution in [1.82, 2.24) is 15.5 Å². The molecule has 0 amide bonds. The summed E-state index contributed by atoms with van der Waals surface area (Å²) in [7, 11) is 0. The lowest BCUT2D eigenvalue weighted by molar-refractivity contribution is 0.0208. The van der Waals surface area contributed by atoms with E-state index in [1.54, 1.807) is 0 Å². The van der Waals surface area contributed by atoms with Crippen LogP contribution in [0.5, 0.6) is 0 Å². The zero-order valence-electron chi connectivity index (χ0n) is 10.2. The molecule has 1 N–H and O–H groups in total. The van der Waals surface area contributed by atoms with Gasteiger partial charge in [0, 0.05) is 13.1 Å². The quantitative estimate of drug-likeness (QED) is 0.863. The smallest absolute Gasteiger partial charge is 0.261 e. The van der Waals surface area contributed by atoms with Crippen molar-refractivity contribution < 1.29 is 18.0 Å². The van der Waals surface area contributed by atoms with Crippen LogP contribution < -0.4 is 5.32 Å². The second-order valence-corrected chi connectivity index (χ2v) is 4.67. The summed E-state index contributed by atoms with van der Waals surface area (Å²) in [6, 6.07) is 1.80. The maximum Gasteiger partial charge on any atom is 0.261 e. The highest BCUT2D eigenvalue weighted by molar-refractivity contribution is 6.30. The van der Waals surface area contributed by atoms with Crippen molar-refractivity contribution >= 4 is 11.6 Å². The molecular weight excluding hydrogens is 292 g/mol. The minimum atomic E-state index is -0.751. The molecule has 0 radical (unpaired) electrons. The molecule has 1 atom stereocenters. The third-order valence-corrected chi connectivity index (χ3v) is 3.19. The van der Waals surface area contributed by atoms with Crippen LogP contribution in [0.2, 0.25) is 5.02 Å². The molecule has 8 heteroatoms. The number of hydrogen-bond acceptors (Lipinski definition) is 5. The number of aromatic nitrogens is 2. The molecule has 106 valence electrons. The average molecular weight is 302 g/mol. The van der Waals surface area contributed by atoms with Gasteiger partial charge in [0.1, 0.15) is 17.7 Å². The first-order valence-corrected chi connectivity index (χ1v) is 6.34. The molecule has 2 heterocycles. The summed E-state index contributed by atoms with van der Waals surface area (Å²) in [4.78, 5) is 4.04. The maximum absolute atomic E-state index is 13.7. The van der Waals surface area contributed by atoms with Gasteiger partial charge in [-0.15, -0.1) is 0 Å². The summed E-state index contributed by atoms with van der Waals surface area (Å²) in [5, 5.41) is 6.55. The van der Waals surface area contributed by atoms with Gasteiger partial charge >= 0.3 is 0 Å². The Bertz CT molecular complexity index is 629. The molecule has 1 aromatic carbocycles. The Labute approximate surface area is 117 Å². The third kappa shape index (κ3) is 2.52. The van der Waals surface area contributed by atoms with E-state index in [0.717, 1.165) is 18.7 Å². The van der Waals surface area contributed by atoms with Crippen molar-refractivity contribution in [2.45, 2.75) is 6.10 Å². The van der Waals surface area contributed by atoms with E-state index in [1.807, 2.05) is 0 Å². The largest absolute Gasteiger partial charge is 0.367 e. The van der Waals surface area contributed by atoms with Gasteiger partial charge in [0.15, 0.2) is 0 Å². The van der Waals surface area contributed by atoms with Gasteiger partial charge in [-0.25, -0.2) is 8.78 Å².